The third-order valence-electron chi connectivity index (χ3n) is 2.90. The molecule has 2 aromatic rings. The summed E-state index contributed by atoms with van der Waals surface area (Å²) in [5.41, 5.74) is 2.11. The molecule has 0 aliphatic carbocycles. The van der Waals surface area contributed by atoms with E-state index in [2.05, 4.69) is 23.3 Å². The van der Waals surface area contributed by atoms with E-state index >= 15 is 0 Å². The topological polar surface area (TPSA) is 79.3 Å². The predicted molar refractivity (Wildman–Crippen MR) is 79.1 cm³/mol. The average Bonchev–Trinajstić information content (AvgIpc) is 2.78. The molecular weight excluding hydrogens is 276 g/mol. The van der Waals surface area contributed by atoms with Gasteiger partial charge in [-0.15, -0.1) is 0 Å². The van der Waals surface area contributed by atoms with Gasteiger partial charge in [-0.3, -0.25) is 9.59 Å². The number of carbonyl (C=O) groups excluding carboxylic acids is 1. The number of amides is 1. The highest BCUT2D eigenvalue weighted by atomic mass is 32.1. The lowest BCUT2D eigenvalue weighted by molar-refractivity contribution is -0.137. The van der Waals surface area contributed by atoms with Gasteiger partial charge in [0.1, 0.15) is 0 Å². The van der Waals surface area contributed by atoms with Gasteiger partial charge in [-0.2, -0.15) is 0 Å². The fraction of sp³-hybridized carbons (Fsp3) is 0.357. The van der Waals surface area contributed by atoms with Crippen molar-refractivity contribution in [1.29, 1.82) is 0 Å². The van der Waals surface area contributed by atoms with Gasteiger partial charge in [0.2, 0.25) is 5.91 Å². The van der Waals surface area contributed by atoms with Crippen LogP contribution in [-0.2, 0) is 16.0 Å². The van der Waals surface area contributed by atoms with Crippen molar-refractivity contribution in [2.24, 2.45) is 0 Å². The van der Waals surface area contributed by atoms with E-state index in [1.165, 1.54) is 16.9 Å². The SMILES string of the molecule is CCc1ccc2nc(NC(=O)CCCC(=O)O)sc2c1. The van der Waals surface area contributed by atoms with Gasteiger partial charge in [0.05, 0.1) is 10.2 Å². The Kier molecular flexibility index (Phi) is 4.68. The number of aliphatic carboxylic acids is 1. The summed E-state index contributed by atoms with van der Waals surface area (Å²) in [6, 6.07) is 6.05. The first kappa shape index (κ1) is 14.5. The second-order valence-corrected chi connectivity index (χ2v) is 5.50. The quantitative estimate of drug-likeness (QED) is 0.857. The van der Waals surface area contributed by atoms with Gasteiger partial charge in [-0.1, -0.05) is 24.3 Å². The summed E-state index contributed by atoms with van der Waals surface area (Å²) in [4.78, 5) is 26.4. The van der Waals surface area contributed by atoms with Crippen LogP contribution in [0.4, 0.5) is 5.13 Å². The zero-order chi connectivity index (χ0) is 14.5. The van der Waals surface area contributed by atoms with Gasteiger partial charge in [0.25, 0.3) is 0 Å². The average molecular weight is 292 g/mol. The number of fused-ring (bicyclic) bond motifs is 1. The van der Waals surface area contributed by atoms with E-state index in [0.29, 0.717) is 11.6 Å². The Morgan fingerprint density at radius 3 is 2.85 bits per heavy atom. The minimum atomic E-state index is -0.884. The zero-order valence-electron chi connectivity index (χ0n) is 11.2. The molecule has 0 atom stereocenters. The molecule has 0 fully saturated rings. The van der Waals surface area contributed by atoms with Gasteiger partial charge in [-0.25, -0.2) is 4.98 Å². The number of aryl methyl sites for hydroxylation is 1. The molecule has 1 heterocycles. The Balaban J connectivity index is 1.99. The fourth-order valence-corrected chi connectivity index (χ4v) is 2.77. The molecule has 1 aromatic carbocycles. The van der Waals surface area contributed by atoms with Crippen LogP contribution < -0.4 is 5.32 Å². The summed E-state index contributed by atoms with van der Waals surface area (Å²) < 4.78 is 1.05. The summed E-state index contributed by atoms with van der Waals surface area (Å²) in [5, 5.41) is 11.8. The van der Waals surface area contributed by atoms with Gasteiger partial charge in [0, 0.05) is 12.8 Å². The smallest absolute Gasteiger partial charge is 0.303 e. The molecule has 0 spiro atoms. The maximum atomic E-state index is 11.7. The van der Waals surface area contributed by atoms with Crippen LogP contribution in [0.25, 0.3) is 10.2 Å². The molecule has 5 nitrogen and oxygen atoms in total. The summed E-state index contributed by atoms with van der Waals surface area (Å²) in [5.74, 6) is -1.08. The maximum Gasteiger partial charge on any atom is 0.303 e. The lowest BCUT2D eigenvalue weighted by atomic mass is 10.2. The highest BCUT2D eigenvalue weighted by Gasteiger charge is 2.09. The molecule has 6 heteroatoms. The number of carboxylic acid groups (broad SMARTS) is 1. The Labute approximate surface area is 120 Å². The van der Waals surface area contributed by atoms with Crippen molar-refractivity contribution < 1.29 is 14.7 Å². The third-order valence-corrected chi connectivity index (χ3v) is 3.84. The predicted octanol–water partition coefficient (Wildman–Crippen LogP) is 3.05. The van der Waals surface area contributed by atoms with Crippen LogP contribution in [0, 0.1) is 0 Å². The van der Waals surface area contributed by atoms with Crippen LogP contribution >= 0.6 is 11.3 Å². The van der Waals surface area contributed by atoms with E-state index < -0.39 is 5.97 Å². The standard InChI is InChI=1S/C14H16N2O3S/c1-2-9-6-7-10-11(8-9)20-14(15-10)16-12(17)4-3-5-13(18)19/h6-8H,2-5H2,1H3,(H,18,19)(H,15,16,17). The van der Waals surface area contributed by atoms with Crippen molar-refractivity contribution in [2.45, 2.75) is 32.6 Å². The van der Waals surface area contributed by atoms with E-state index in [0.717, 1.165) is 16.6 Å². The summed E-state index contributed by atoms with van der Waals surface area (Å²) in [6.07, 6.45) is 1.51. The molecule has 2 N–H and O–H groups in total. The van der Waals surface area contributed by atoms with Crippen LogP contribution in [0.1, 0.15) is 31.7 Å². The Bertz CT molecular complexity index is 636. The minimum absolute atomic E-state index is 0.00707. The number of anilines is 1. The summed E-state index contributed by atoms with van der Waals surface area (Å²) in [6.45, 7) is 2.09. The molecule has 0 aliphatic rings. The molecule has 1 amide bonds. The molecule has 0 unspecified atom stereocenters. The molecule has 0 saturated heterocycles. The number of carboxylic acids is 1. The Morgan fingerprint density at radius 2 is 2.15 bits per heavy atom. The van der Waals surface area contributed by atoms with Crippen LogP contribution in [0.3, 0.4) is 0 Å². The van der Waals surface area contributed by atoms with Crippen LogP contribution in [0.2, 0.25) is 0 Å². The molecule has 0 saturated carbocycles. The molecule has 0 bridgehead atoms. The van der Waals surface area contributed by atoms with Crippen molar-refractivity contribution in [1.82, 2.24) is 4.98 Å². The van der Waals surface area contributed by atoms with E-state index in [4.69, 9.17) is 5.11 Å². The largest absolute Gasteiger partial charge is 0.481 e. The maximum absolute atomic E-state index is 11.7. The Hall–Kier alpha value is -1.95. The Morgan fingerprint density at radius 1 is 1.35 bits per heavy atom. The van der Waals surface area contributed by atoms with Gasteiger partial charge < -0.3 is 10.4 Å². The zero-order valence-corrected chi connectivity index (χ0v) is 12.0. The second kappa shape index (κ2) is 6.47. The molecule has 0 radical (unpaired) electrons. The monoisotopic (exact) mass is 292 g/mol. The summed E-state index contributed by atoms with van der Waals surface area (Å²) >= 11 is 1.44. The second-order valence-electron chi connectivity index (χ2n) is 4.47. The van der Waals surface area contributed by atoms with E-state index in [1.807, 2.05) is 12.1 Å². The van der Waals surface area contributed by atoms with E-state index in [-0.39, 0.29) is 18.7 Å². The molecule has 0 aliphatic heterocycles. The number of rotatable bonds is 6. The highest BCUT2D eigenvalue weighted by molar-refractivity contribution is 7.22. The van der Waals surface area contributed by atoms with E-state index in [1.54, 1.807) is 0 Å². The number of nitrogens with zero attached hydrogens (tertiary/aromatic N) is 1. The van der Waals surface area contributed by atoms with Gasteiger partial charge in [-0.05, 0) is 30.5 Å². The highest BCUT2D eigenvalue weighted by Crippen LogP contribution is 2.27. The van der Waals surface area contributed by atoms with E-state index in [9.17, 15) is 9.59 Å². The van der Waals surface area contributed by atoms with Crippen molar-refractivity contribution in [3.05, 3.63) is 23.8 Å². The summed E-state index contributed by atoms with van der Waals surface area (Å²) in [7, 11) is 0. The van der Waals surface area contributed by atoms with Crippen LogP contribution in [-0.4, -0.2) is 22.0 Å². The lowest BCUT2D eigenvalue weighted by Crippen LogP contribution is -2.11. The molecule has 2 rings (SSSR count). The van der Waals surface area contributed by atoms with Crippen molar-refractivity contribution in [3.63, 3.8) is 0 Å². The lowest BCUT2D eigenvalue weighted by Gasteiger charge is -1.99. The minimum Gasteiger partial charge on any atom is -0.481 e. The normalized spacial score (nSPS) is 10.7. The first-order valence-electron chi connectivity index (χ1n) is 6.49. The van der Waals surface area contributed by atoms with Crippen LogP contribution in [0.15, 0.2) is 18.2 Å². The number of aromatic nitrogens is 1. The van der Waals surface area contributed by atoms with Crippen molar-refractivity contribution in [3.8, 4) is 0 Å². The molecule has 106 valence electrons. The first-order valence-corrected chi connectivity index (χ1v) is 7.31. The molecule has 20 heavy (non-hydrogen) atoms. The van der Waals surface area contributed by atoms with Gasteiger partial charge >= 0.3 is 5.97 Å². The first-order chi connectivity index (χ1) is 9.58. The van der Waals surface area contributed by atoms with Crippen molar-refractivity contribution >= 4 is 38.6 Å². The third kappa shape index (κ3) is 3.77. The number of thiazole rings is 1. The number of carbonyl (C=O) groups is 2. The van der Waals surface area contributed by atoms with Crippen LogP contribution in [0.5, 0.6) is 0 Å². The number of hydrogen-bond acceptors (Lipinski definition) is 4. The number of hydrogen-bond donors (Lipinski definition) is 2. The van der Waals surface area contributed by atoms with Crippen molar-refractivity contribution in [2.75, 3.05) is 5.32 Å². The molecular formula is C14H16N2O3S. The van der Waals surface area contributed by atoms with Gasteiger partial charge in [0.15, 0.2) is 5.13 Å². The molecule has 1 aromatic heterocycles. The number of benzene rings is 1. The fourth-order valence-electron chi connectivity index (χ4n) is 1.82. The number of nitrogens with one attached hydrogen (secondary N) is 1.